The van der Waals surface area contributed by atoms with Crippen molar-refractivity contribution in [2.45, 2.75) is 52.1 Å². The van der Waals surface area contributed by atoms with Crippen LogP contribution in [-0.4, -0.2) is 42.4 Å². The van der Waals surface area contributed by atoms with Crippen LogP contribution in [0, 0.1) is 5.92 Å². The maximum absolute atomic E-state index is 11.4. The predicted octanol–water partition coefficient (Wildman–Crippen LogP) is 1.95. The Bertz CT molecular complexity index is 361. The average Bonchev–Trinajstić information content (AvgIpc) is 2.34. The minimum Gasteiger partial charge on any atom is -0.481 e. The van der Waals surface area contributed by atoms with E-state index in [2.05, 4.69) is 10.1 Å². The van der Waals surface area contributed by atoms with E-state index in [0.29, 0.717) is 25.8 Å². The van der Waals surface area contributed by atoms with Gasteiger partial charge in [0.25, 0.3) is 0 Å². The molecule has 0 aliphatic rings. The highest BCUT2D eigenvalue weighted by atomic mass is 16.6. The van der Waals surface area contributed by atoms with Crippen molar-refractivity contribution in [3.8, 4) is 0 Å². The van der Waals surface area contributed by atoms with Crippen molar-refractivity contribution in [1.29, 1.82) is 0 Å². The van der Waals surface area contributed by atoms with Gasteiger partial charge in [0.2, 0.25) is 0 Å². The number of carboxylic acids is 1. The summed E-state index contributed by atoms with van der Waals surface area (Å²) in [5, 5.41) is 11.6. The summed E-state index contributed by atoms with van der Waals surface area (Å²) in [5.74, 6) is -2.30. The number of hydrogen-bond acceptors (Lipinski definition) is 5. The minimum atomic E-state index is -1.01. The van der Waals surface area contributed by atoms with Crippen LogP contribution >= 0.6 is 0 Å². The van der Waals surface area contributed by atoms with Crippen molar-refractivity contribution in [3.05, 3.63) is 0 Å². The van der Waals surface area contributed by atoms with Crippen LogP contribution in [0.1, 0.15) is 46.5 Å². The number of nitrogens with one attached hydrogen (secondary N) is 1. The Labute approximate surface area is 125 Å². The molecule has 0 unspecified atom stereocenters. The quantitative estimate of drug-likeness (QED) is 0.525. The van der Waals surface area contributed by atoms with Crippen LogP contribution in [-0.2, 0) is 19.1 Å². The second-order valence-electron chi connectivity index (χ2n) is 5.74. The largest absolute Gasteiger partial charge is 0.481 e. The molecule has 0 spiro atoms. The number of carbonyl (C=O) groups is 3. The summed E-state index contributed by atoms with van der Waals surface area (Å²) in [6.07, 6.45) is 0.937. The maximum Gasteiger partial charge on any atom is 0.407 e. The van der Waals surface area contributed by atoms with Crippen LogP contribution in [0.3, 0.4) is 0 Å². The molecular weight excluding hydrogens is 278 g/mol. The molecule has 0 fully saturated rings. The molecule has 0 rings (SSSR count). The molecule has 2 N–H and O–H groups in total. The van der Waals surface area contributed by atoms with E-state index in [1.165, 1.54) is 7.11 Å². The van der Waals surface area contributed by atoms with Gasteiger partial charge in [0, 0.05) is 6.54 Å². The number of amides is 1. The Kier molecular flexibility index (Phi) is 8.42. The van der Waals surface area contributed by atoms with E-state index in [1.807, 2.05) is 0 Å². The molecule has 0 saturated heterocycles. The number of hydrogen-bond donors (Lipinski definition) is 2. The Morgan fingerprint density at radius 2 is 1.81 bits per heavy atom. The molecule has 0 aliphatic carbocycles. The lowest BCUT2D eigenvalue weighted by Gasteiger charge is -2.19. The molecule has 122 valence electrons. The zero-order valence-electron chi connectivity index (χ0n) is 13.1. The number of alkyl carbamates (subject to hydrolysis) is 1. The number of rotatable bonds is 8. The van der Waals surface area contributed by atoms with Crippen LogP contribution in [0.15, 0.2) is 0 Å². The van der Waals surface area contributed by atoms with E-state index in [1.54, 1.807) is 20.8 Å². The average molecular weight is 303 g/mol. The lowest BCUT2D eigenvalue weighted by atomic mass is 9.98. The third kappa shape index (κ3) is 10.6. The lowest BCUT2D eigenvalue weighted by molar-refractivity contribution is -0.150. The molecule has 0 aliphatic heterocycles. The summed E-state index contributed by atoms with van der Waals surface area (Å²) in [7, 11) is 1.23. The van der Waals surface area contributed by atoms with Crippen molar-refractivity contribution < 1.29 is 29.0 Å². The first kappa shape index (κ1) is 19.2. The molecule has 7 heteroatoms. The second kappa shape index (κ2) is 9.20. The number of ether oxygens (including phenoxy) is 2. The number of methoxy groups -OCH3 is 1. The highest BCUT2D eigenvalue weighted by Gasteiger charge is 2.21. The highest BCUT2D eigenvalue weighted by molar-refractivity contribution is 5.78. The molecule has 0 radical (unpaired) electrons. The maximum atomic E-state index is 11.4. The van der Waals surface area contributed by atoms with Gasteiger partial charge in [0.05, 0.1) is 19.4 Å². The molecule has 0 aromatic heterocycles. The van der Waals surface area contributed by atoms with Gasteiger partial charge in [0.1, 0.15) is 5.60 Å². The number of aliphatic carboxylic acids is 1. The van der Waals surface area contributed by atoms with Gasteiger partial charge in [-0.3, -0.25) is 9.59 Å². The summed E-state index contributed by atoms with van der Waals surface area (Å²) in [4.78, 5) is 33.4. The number of unbranched alkanes of at least 4 members (excludes halogenated alkanes) is 1. The van der Waals surface area contributed by atoms with Crippen LogP contribution in [0.5, 0.6) is 0 Å². The van der Waals surface area contributed by atoms with Crippen molar-refractivity contribution in [2.75, 3.05) is 13.7 Å². The van der Waals surface area contributed by atoms with Crippen molar-refractivity contribution in [2.24, 2.45) is 5.92 Å². The van der Waals surface area contributed by atoms with E-state index in [0.717, 1.165) is 0 Å². The van der Waals surface area contributed by atoms with Crippen LogP contribution < -0.4 is 5.32 Å². The SMILES string of the molecule is COC(=O)C[C@H](CCCCNC(=O)OC(C)(C)C)C(=O)O. The predicted molar refractivity (Wildman–Crippen MR) is 75.8 cm³/mol. The molecule has 0 saturated carbocycles. The Hall–Kier alpha value is -1.79. The fourth-order valence-corrected chi connectivity index (χ4v) is 1.62. The van der Waals surface area contributed by atoms with Gasteiger partial charge >= 0.3 is 18.0 Å². The van der Waals surface area contributed by atoms with Crippen molar-refractivity contribution in [1.82, 2.24) is 5.32 Å². The second-order valence-corrected chi connectivity index (χ2v) is 5.74. The van der Waals surface area contributed by atoms with E-state index >= 15 is 0 Å². The van der Waals surface area contributed by atoms with Crippen LogP contribution in [0.2, 0.25) is 0 Å². The monoisotopic (exact) mass is 303 g/mol. The molecule has 0 aromatic rings. The fraction of sp³-hybridized carbons (Fsp3) is 0.786. The molecule has 7 nitrogen and oxygen atoms in total. The van der Waals surface area contributed by atoms with Crippen molar-refractivity contribution in [3.63, 3.8) is 0 Å². The van der Waals surface area contributed by atoms with Gasteiger partial charge in [-0.2, -0.15) is 0 Å². The van der Waals surface area contributed by atoms with E-state index in [9.17, 15) is 14.4 Å². The Morgan fingerprint density at radius 3 is 2.29 bits per heavy atom. The molecule has 0 aromatic carbocycles. The summed E-state index contributed by atoms with van der Waals surface area (Å²) in [5.41, 5.74) is -0.543. The number of esters is 1. The smallest absolute Gasteiger partial charge is 0.407 e. The summed E-state index contributed by atoms with van der Waals surface area (Å²) in [6, 6.07) is 0. The first-order valence-corrected chi connectivity index (χ1v) is 6.92. The normalized spacial score (nSPS) is 12.4. The van der Waals surface area contributed by atoms with Gasteiger partial charge in [-0.15, -0.1) is 0 Å². The van der Waals surface area contributed by atoms with Gasteiger partial charge in [-0.05, 0) is 33.6 Å². The van der Waals surface area contributed by atoms with E-state index in [-0.39, 0.29) is 6.42 Å². The summed E-state index contributed by atoms with van der Waals surface area (Å²) < 4.78 is 9.53. The van der Waals surface area contributed by atoms with Gasteiger partial charge in [0.15, 0.2) is 0 Å². The molecule has 1 amide bonds. The van der Waals surface area contributed by atoms with E-state index < -0.39 is 29.6 Å². The van der Waals surface area contributed by atoms with Gasteiger partial charge in [-0.1, -0.05) is 6.42 Å². The zero-order valence-corrected chi connectivity index (χ0v) is 13.1. The first-order chi connectivity index (χ1) is 9.65. The number of carboxylic acid groups (broad SMARTS) is 1. The minimum absolute atomic E-state index is 0.134. The lowest BCUT2D eigenvalue weighted by Crippen LogP contribution is -2.33. The van der Waals surface area contributed by atoms with Crippen molar-refractivity contribution >= 4 is 18.0 Å². The molecule has 1 atom stereocenters. The molecule has 0 bridgehead atoms. The number of carbonyl (C=O) groups excluding carboxylic acids is 2. The Morgan fingerprint density at radius 1 is 1.19 bits per heavy atom. The third-order valence-electron chi connectivity index (χ3n) is 2.64. The van der Waals surface area contributed by atoms with E-state index in [4.69, 9.17) is 9.84 Å². The highest BCUT2D eigenvalue weighted by Crippen LogP contribution is 2.14. The standard InChI is InChI=1S/C14H25NO6/c1-14(2,3)21-13(19)15-8-6-5-7-10(12(17)18)9-11(16)20-4/h10H,5-9H2,1-4H3,(H,15,19)(H,17,18)/t10-/m0/s1. The fourth-order valence-electron chi connectivity index (χ4n) is 1.62. The Balaban J connectivity index is 3.88. The third-order valence-corrected chi connectivity index (χ3v) is 2.64. The summed E-state index contributed by atoms with van der Waals surface area (Å²) in [6.45, 7) is 5.73. The van der Waals surface area contributed by atoms with Gasteiger partial charge < -0.3 is 19.9 Å². The van der Waals surface area contributed by atoms with Crippen LogP contribution in [0.4, 0.5) is 4.79 Å². The molecule has 21 heavy (non-hydrogen) atoms. The summed E-state index contributed by atoms with van der Waals surface area (Å²) >= 11 is 0. The molecular formula is C14H25NO6. The first-order valence-electron chi connectivity index (χ1n) is 6.92. The topological polar surface area (TPSA) is 102 Å². The zero-order chi connectivity index (χ0) is 16.5. The van der Waals surface area contributed by atoms with Gasteiger partial charge in [-0.25, -0.2) is 4.79 Å². The van der Waals surface area contributed by atoms with Crippen LogP contribution in [0.25, 0.3) is 0 Å². The molecule has 0 heterocycles.